The average molecular weight is 266 g/mol. The molecule has 0 amide bonds. The van der Waals surface area contributed by atoms with Gasteiger partial charge in [0.1, 0.15) is 5.82 Å². The van der Waals surface area contributed by atoms with Crippen LogP contribution in [0.15, 0.2) is 18.2 Å². The smallest absolute Gasteiger partial charge is 0.123 e. The minimum Gasteiger partial charge on any atom is -0.373 e. The number of morpholine rings is 1. The van der Waals surface area contributed by atoms with Crippen LogP contribution in [0.25, 0.3) is 0 Å². The lowest BCUT2D eigenvalue weighted by atomic mass is 9.97. The van der Waals surface area contributed by atoms with Crippen molar-refractivity contribution >= 4 is 0 Å². The fourth-order valence-electron chi connectivity index (χ4n) is 2.76. The summed E-state index contributed by atoms with van der Waals surface area (Å²) in [6.45, 7) is 8.98. The first-order valence-corrected chi connectivity index (χ1v) is 6.77. The highest BCUT2D eigenvalue weighted by Crippen LogP contribution is 2.28. The minimum absolute atomic E-state index is 0.0545. The molecule has 1 heterocycles. The monoisotopic (exact) mass is 266 g/mol. The van der Waals surface area contributed by atoms with Crippen LogP contribution in [0.1, 0.15) is 31.0 Å². The van der Waals surface area contributed by atoms with Crippen molar-refractivity contribution < 1.29 is 9.13 Å². The van der Waals surface area contributed by atoms with Gasteiger partial charge in [-0.3, -0.25) is 4.90 Å². The van der Waals surface area contributed by atoms with Gasteiger partial charge in [0.05, 0.1) is 12.2 Å². The van der Waals surface area contributed by atoms with Gasteiger partial charge < -0.3 is 10.5 Å². The largest absolute Gasteiger partial charge is 0.373 e. The van der Waals surface area contributed by atoms with Crippen LogP contribution in [0.5, 0.6) is 0 Å². The standard InChI is InChI=1S/C15H23FN2O/c1-11-4-5-12(16)8-13(11)14(9-17)18-6-7-19-15(2,3)10-18/h4-5,8,14H,6-7,9-10,17H2,1-3H3. The summed E-state index contributed by atoms with van der Waals surface area (Å²) in [7, 11) is 0. The zero-order valence-electron chi connectivity index (χ0n) is 11.9. The first-order chi connectivity index (χ1) is 8.93. The summed E-state index contributed by atoms with van der Waals surface area (Å²) < 4.78 is 19.2. The third-order valence-corrected chi connectivity index (χ3v) is 3.72. The molecule has 0 aliphatic carbocycles. The van der Waals surface area contributed by atoms with E-state index in [0.29, 0.717) is 13.2 Å². The van der Waals surface area contributed by atoms with Crippen molar-refractivity contribution in [1.82, 2.24) is 4.90 Å². The molecule has 19 heavy (non-hydrogen) atoms. The first-order valence-electron chi connectivity index (χ1n) is 6.77. The summed E-state index contributed by atoms with van der Waals surface area (Å²) in [6, 6.07) is 4.98. The van der Waals surface area contributed by atoms with Gasteiger partial charge in [0, 0.05) is 25.7 Å². The Hall–Kier alpha value is -0.970. The van der Waals surface area contributed by atoms with E-state index in [9.17, 15) is 4.39 Å². The van der Waals surface area contributed by atoms with Gasteiger partial charge in [-0.2, -0.15) is 0 Å². The predicted molar refractivity (Wildman–Crippen MR) is 74.5 cm³/mol. The van der Waals surface area contributed by atoms with Crippen LogP contribution in [0, 0.1) is 12.7 Å². The molecule has 0 spiro atoms. The van der Waals surface area contributed by atoms with E-state index in [1.165, 1.54) is 6.07 Å². The summed E-state index contributed by atoms with van der Waals surface area (Å²) in [5.41, 5.74) is 7.84. The molecule has 0 aromatic heterocycles. The highest BCUT2D eigenvalue weighted by atomic mass is 19.1. The van der Waals surface area contributed by atoms with Gasteiger partial charge in [-0.1, -0.05) is 6.07 Å². The first kappa shape index (κ1) is 14.4. The molecule has 1 aliphatic rings. The number of halogens is 1. The lowest BCUT2D eigenvalue weighted by Crippen LogP contribution is -2.50. The van der Waals surface area contributed by atoms with E-state index in [0.717, 1.165) is 24.2 Å². The molecule has 2 N–H and O–H groups in total. The van der Waals surface area contributed by atoms with E-state index >= 15 is 0 Å². The quantitative estimate of drug-likeness (QED) is 0.912. The number of benzene rings is 1. The molecule has 3 nitrogen and oxygen atoms in total. The molecule has 4 heteroatoms. The van der Waals surface area contributed by atoms with Crippen LogP contribution < -0.4 is 5.73 Å². The zero-order valence-corrected chi connectivity index (χ0v) is 11.9. The van der Waals surface area contributed by atoms with Gasteiger partial charge in [-0.05, 0) is 44.0 Å². The van der Waals surface area contributed by atoms with Crippen molar-refractivity contribution in [3.8, 4) is 0 Å². The number of ether oxygens (including phenoxy) is 1. The predicted octanol–water partition coefficient (Wildman–Crippen LogP) is 2.24. The van der Waals surface area contributed by atoms with E-state index in [2.05, 4.69) is 18.7 Å². The lowest BCUT2D eigenvalue weighted by molar-refractivity contribution is -0.0968. The van der Waals surface area contributed by atoms with Crippen LogP contribution in [0.4, 0.5) is 4.39 Å². The van der Waals surface area contributed by atoms with Crippen molar-refractivity contribution in [1.29, 1.82) is 0 Å². The number of aryl methyl sites for hydroxylation is 1. The molecule has 106 valence electrons. The Morgan fingerprint density at radius 2 is 2.21 bits per heavy atom. The summed E-state index contributed by atoms with van der Waals surface area (Å²) in [5, 5.41) is 0. The summed E-state index contributed by atoms with van der Waals surface area (Å²) in [4.78, 5) is 2.30. The molecule has 1 fully saturated rings. The minimum atomic E-state index is -0.202. The van der Waals surface area contributed by atoms with E-state index in [-0.39, 0.29) is 17.5 Å². The maximum atomic E-state index is 13.5. The number of nitrogens with zero attached hydrogens (tertiary/aromatic N) is 1. The topological polar surface area (TPSA) is 38.5 Å². The molecule has 1 saturated heterocycles. The Morgan fingerprint density at radius 1 is 1.47 bits per heavy atom. The number of nitrogens with two attached hydrogens (primary N) is 1. The van der Waals surface area contributed by atoms with Gasteiger partial charge in [-0.15, -0.1) is 0 Å². The number of hydrogen-bond acceptors (Lipinski definition) is 3. The van der Waals surface area contributed by atoms with Gasteiger partial charge in [0.2, 0.25) is 0 Å². The summed E-state index contributed by atoms with van der Waals surface area (Å²) in [5.74, 6) is -0.202. The Kier molecular flexibility index (Phi) is 4.23. The molecule has 1 aromatic carbocycles. The highest BCUT2D eigenvalue weighted by Gasteiger charge is 2.32. The van der Waals surface area contributed by atoms with Gasteiger partial charge >= 0.3 is 0 Å². The Labute approximate surface area is 114 Å². The molecule has 1 atom stereocenters. The van der Waals surface area contributed by atoms with Crippen LogP contribution in [-0.4, -0.2) is 36.7 Å². The second kappa shape index (κ2) is 5.57. The SMILES string of the molecule is Cc1ccc(F)cc1C(CN)N1CCOC(C)(C)C1. The van der Waals surface area contributed by atoms with E-state index < -0.39 is 0 Å². The second-order valence-electron chi connectivity index (χ2n) is 5.83. The molecule has 0 saturated carbocycles. The molecule has 0 radical (unpaired) electrons. The van der Waals surface area contributed by atoms with Crippen molar-refractivity contribution in [2.24, 2.45) is 5.73 Å². The molecule has 1 aliphatic heterocycles. The number of rotatable bonds is 3. The molecule has 1 aromatic rings. The van der Waals surface area contributed by atoms with Crippen LogP contribution in [0.2, 0.25) is 0 Å². The van der Waals surface area contributed by atoms with Crippen molar-refractivity contribution in [3.63, 3.8) is 0 Å². The van der Waals surface area contributed by atoms with Crippen molar-refractivity contribution in [3.05, 3.63) is 35.1 Å². The average Bonchev–Trinajstić information content (AvgIpc) is 2.33. The zero-order chi connectivity index (χ0) is 14.0. The van der Waals surface area contributed by atoms with Crippen molar-refractivity contribution in [2.45, 2.75) is 32.4 Å². The van der Waals surface area contributed by atoms with Crippen LogP contribution in [-0.2, 0) is 4.74 Å². The lowest BCUT2D eigenvalue weighted by Gasteiger charge is -2.42. The second-order valence-corrected chi connectivity index (χ2v) is 5.83. The van der Waals surface area contributed by atoms with Gasteiger partial charge in [0.25, 0.3) is 0 Å². The third kappa shape index (κ3) is 3.32. The van der Waals surface area contributed by atoms with E-state index in [4.69, 9.17) is 10.5 Å². The summed E-state index contributed by atoms with van der Waals surface area (Å²) >= 11 is 0. The third-order valence-electron chi connectivity index (χ3n) is 3.72. The summed E-state index contributed by atoms with van der Waals surface area (Å²) in [6.07, 6.45) is 0. The van der Waals surface area contributed by atoms with E-state index in [1.54, 1.807) is 6.07 Å². The van der Waals surface area contributed by atoms with Gasteiger partial charge in [0.15, 0.2) is 0 Å². The fourth-order valence-corrected chi connectivity index (χ4v) is 2.76. The van der Waals surface area contributed by atoms with Gasteiger partial charge in [-0.25, -0.2) is 4.39 Å². The normalized spacial score (nSPS) is 21.3. The van der Waals surface area contributed by atoms with Crippen molar-refractivity contribution in [2.75, 3.05) is 26.2 Å². The van der Waals surface area contributed by atoms with E-state index in [1.807, 2.05) is 13.0 Å². The Bertz CT molecular complexity index is 448. The molecule has 1 unspecified atom stereocenters. The fraction of sp³-hybridized carbons (Fsp3) is 0.600. The molecular weight excluding hydrogens is 243 g/mol. The molecule has 0 bridgehead atoms. The van der Waals surface area contributed by atoms with Crippen LogP contribution >= 0.6 is 0 Å². The Balaban J connectivity index is 2.26. The maximum absolute atomic E-state index is 13.5. The van der Waals surface area contributed by atoms with Crippen LogP contribution in [0.3, 0.4) is 0 Å². The molecular formula is C15H23FN2O. The maximum Gasteiger partial charge on any atom is 0.123 e. The molecule has 2 rings (SSSR count). The highest BCUT2D eigenvalue weighted by molar-refractivity contribution is 5.30. The number of hydrogen-bond donors (Lipinski definition) is 1. The Morgan fingerprint density at radius 3 is 2.84 bits per heavy atom.